The summed E-state index contributed by atoms with van der Waals surface area (Å²) >= 11 is 0. The highest BCUT2D eigenvalue weighted by atomic mass is 14.9. The molecule has 56 valence electrons. The maximum absolute atomic E-state index is 7.19. The molecule has 0 aliphatic heterocycles. The number of benzene rings is 1. The highest BCUT2D eigenvalue weighted by Gasteiger charge is 1.90. The van der Waals surface area contributed by atoms with Crippen molar-refractivity contribution in [1.82, 2.24) is 0 Å². The molecule has 0 aliphatic rings. The second kappa shape index (κ2) is 3.24. The second-order valence-corrected chi connectivity index (χ2v) is 2.62. The predicted octanol–water partition coefficient (Wildman–Crippen LogP) is 0.354. The van der Waals surface area contributed by atoms with Crippen molar-refractivity contribution in [1.29, 1.82) is 5.41 Å². The fourth-order valence-corrected chi connectivity index (χ4v) is 0.939. The molecule has 0 amide bonds. The van der Waals surface area contributed by atoms with E-state index >= 15 is 0 Å². The molecule has 0 bridgehead atoms. The van der Waals surface area contributed by atoms with Crippen molar-refractivity contribution in [2.45, 2.75) is 6.92 Å². The molecule has 0 spiro atoms. The molecular weight excluding hydrogens is 135 g/mol. The summed E-state index contributed by atoms with van der Waals surface area (Å²) in [5.41, 5.74) is 2.19. The monoisotopic (exact) mass is 146 g/mol. The lowest BCUT2D eigenvalue weighted by Gasteiger charge is -2.03. The molecule has 1 aromatic carbocycles. The Labute approximate surface area is 67.5 Å². The van der Waals surface area contributed by atoms with E-state index < -0.39 is 0 Å². The van der Waals surface area contributed by atoms with Gasteiger partial charge in [0.05, 0.1) is 5.84 Å². The minimum atomic E-state index is 0.468. The van der Waals surface area contributed by atoms with Crippen molar-refractivity contribution in [2.24, 2.45) is 0 Å². The lowest BCUT2D eigenvalue weighted by molar-refractivity contribution is 1.44. The SMILES string of the molecule is Bc1cccc(NC(C)=N)c1. The molecule has 0 radical (unpaired) electrons. The molecule has 0 saturated carbocycles. The van der Waals surface area contributed by atoms with E-state index in [4.69, 9.17) is 5.41 Å². The Kier molecular flexibility index (Phi) is 2.31. The number of rotatable bonds is 1. The van der Waals surface area contributed by atoms with Gasteiger partial charge in [-0.25, -0.2) is 0 Å². The fraction of sp³-hybridized carbons (Fsp3) is 0.125. The minimum Gasteiger partial charge on any atom is -0.345 e. The van der Waals surface area contributed by atoms with Gasteiger partial charge in [0.1, 0.15) is 7.85 Å². The van der Waals surface area contributed by atoms with Crippen LogP contribution in [0.4, 0.5) is 5.69 Å². The van der Waals surface area contributed by atoms with E-state index in [0.717, 1.165) is 5.69 Å². The van der Waals surface area contributed by atoms with Gasteiger partial charge in [0, 0.05) is 5.69 Å². The first-order valence-corrected chi connectivity index (χ1v) is 3.57. The van der Waals surface area contributed by atoms with Crippen LogP contribution < -0.4 is 10.8 Å². The minimum absolute atomic E-state index is 0.468. The van der Waals surface area contributed by atoms with Crippen molar-refractivity contribution in [3.05, 3.63) is 24.3 Å². The molecule has 0 aromatic heterocycles. The van der Waals surface area contributed by atoms with Crippen LogP contribution in [0.25, 0.3) is 0 Å². The Balaban J connectivity index is 2.79. The van der Waals surface area contributed by atoms with Gasteiger partial charge in [0.15, 0.2) is 0 Å². The third-order valence-corrected chi connectivity index (χ3v) is 1.35. The van der Waals surface area contributed by atoms with Crippen LogP contribution in [0, 0.1) is 5.41 Å². The lowest BCUT2D eigenvalue weighted by atomic mass is 9.96. The molecule has 11 heavy (non-hydrogen) atoms. The topological polar surface area (TPSA) is 35.9 Å². The summed E-state index contributed by atoms with van der Waals surface area (Å²) in [6.45, 7) is 1.72. The Morgan fingerprint density at radius 1 is 1.55 bits per heavy atom. The van der Waals surface area contributed by atoms with Crippen LogP contribution in [0.15, 0.2) is 24.3 Å². The molecule has 0 aliphatic carbocycles. The first-order valence-electron chi connectivity index (χ1n) is 3.57. The van der Waals surface area contributed by atoms with Gasteiger partial charge < -0.3 is 5.32 Å². The zero-order valence-corrected chi connectivity index (χ0v) is 6.81. The van der Waals surface area contributed by atoms with Gasteiger partial charge in [-0.15, -0.1) is 0 Å². The van der Waals surface area contributed by atoms with Crippen LogP contribution >= 0.6 is 0 Å². The van der Waals surface area contributed by atoms with Gasteiger partial charge >= 0.3 is 0 Å². The maximum atomic E-state index is 7.19. The van der Waals surface area contributed by atoms with E-state index in [9.17, 15) is 0 Å². The van der Waals surface area contributed by atoms with Gasteiger partial charge in [-0.1, -0.05) is 17.6 Å². The molecule has 2 nitrogen and oxygen atoms in total. The molecule has 0 atom stereocenters. The molecular formula is C8H11BN2. The molecule has 1 rings (SSSR count). The van der Waals surface area contributed by atoms with E-state index in [1.807, 2.05) is 32.1 Å². The van der Waals surface area contributed by atoms with E-state index in [2.05, 4.69) is 5.32 Å². The quantitative estimate of drug-likeness (QED) is 0.334. The third-order valence-electron chi connectivity index (χ3n) is 1.35. The molecule has 1 aromatic rings. The van der Waals surface area contributed by atoms with Gasteiger partial charge in [-0.2, -0.15) is 0 Å². The van der Waals surface area contributed by atoms with Crippen molar-refractivity contribution in [3.8, 4) is 0 Å². The Morgan fingerprint density at radius 2 is 2.27 bits per heavy atom. The van der Waals surface area contributed by atoms with E-state index in [0.29, 0.717) is 5.84 Å². The highest BCUT2D eigenvalue weighted by Crippen LogP contribution is 2.01. The summed E-state index contributed by atoms with van der Waals surface area (Å²) in [6.07, 6.45) is 0. The average molecular weight is 146 g/mol. The maximum Gasteiger partial charge on any atom is 0.139 e. The molecule has 2 N–H and O–H groups in total. The van der Waals surface area contributed by atoms with E-state index in [1.165, 1.54) is 5.46 Å². The van der Waals surface area contributed by atoms with Gasteiger partial charge in [-0.3, -0.25) is 5.41 Å². The predicted molar refractivity (Wildman–Crippen MR) is 51.6 cm³/mol. The van der Waals surface area contributed by atoms with E-state index in [-0.39, 0.29) is 0 Å². The Hall–Kier alpha value is -1.25. The largest absolute Gasteiger partial charge is 0.345 e. The van der Waals surface area contributed by atoms with Gasteiger partial charge in [0.2, 0.25) is 0 Å². The summed E-state index contributed by atoms with van der Waals surface area (Å²) in [5.74, 6) is 0.468. The van der Waals surface area contributed by atoms with Crippen LogP contribution in [-0.2, 0) is 0 Å². The number of hydrogen-bond acceptors (Lipinski definition) is 1. The standard InChI is InChI=1S/C8H11BN2/c1-6(10)11-8-4-2-3-7(9)5-8/h2-5H,9H2,1H3,(H2,10,11). The van der Waals surface area contributed by atoms with Gasteiger partial charge in [0.25, 0.3) is 0 Å². The molecule has 0 unspecified atom stereocenters. The summed E-state index contributed by atoms with van der Waals surface area (Å²) in [5, 5.41) is 10.1. The molecule has 0 fully saturated rings. The van der Waals surface area contributed by atoms with Crippen LogP contribution in [0.2, 0.25) is 0 Å². The molecule has 3 heteroatoms. The van der Waals surface area contributed by atoms with Crippen molar-refractivity contribution < 1.29 is 0 Å². The highest BCUT2D eigenvalue weighted by molar-refractivity contribution is 6.32. The van der Waals surface area contributed by atoms with Crippen LogP contribution in [0.3, 0.4) is 0 Å². The van der Waals surface area contributed by atoms with Crippen LogP contribution in [0.1, 0.15) is 6.92 Å². The number of amidine groups is 1. The fourth-order valence-electron chi connectivity index (χ4n) is 0.939. The number of anilines is 1. The Morgan fingerprint density at radius 3 is 2.82 bits per heavy atom. The lowest BCUT2D eigenvalue weighted by Crippen LogP contribution is -2.08. The third kappa shape index (κ3) is 2.46. The Bertz CT molecular complexity index is 271. The first kappa shape index (κ1) is 7.86. The molecule has 0 heterocycles. The zero-order chi connectivity index (χ0) is 8.27. The van der Waals surface area contributed by atoms with Crippen molar-refractivity contribution >= 4 is 24.8 Å². The van der Waals surface area contributed by atoms with Crippen LogP contribution in [0.5, 0.6) is 0 Å². The smallest absolute Gasteiger partial charge is 0.139 e. The van der Waals surface area contributed by atoms with Crippen molar-refractivity contribution in [3.63, 3.8) is 0 Å². The summed E-state index contributed by atoms with van der Waals surface area (Å²) in [7, 11) is 2.03. The number of nitrogens with one attached hydrogen (secondary N) is 2. The summed E-state index contributed by atoms with van der Waals surface area (Å²) < 4.78 is 0. The van der Waals surface area contributed by atoms with E-state index in [1.54, 1.807) is 6.92 Å². The zero-order valence-electron chi connectivity index (χ0n) is 6.81. The summed E-state index contributed by atoms with van der Waals surface area (Å²) in [6, 6.07) is 7.97. The van der Waals surface area contributed by atoms with Gasteiger partial charge in [-0.05, 0) is 19.1 Å². The van der Waals surface area contributed by atoms with Crippen LogP contribution in [-0.4, -0.2) is 13.7 Å². The normalized spacial score (nSPS) is 9.18. The number of hydrogen-bond donors (Lipinski definition) is 2. The average Bonchev–Trinajstić information content (AvgIpc) is 1.85. The second-order valence-electron chi connectivity index (χ2n) is 2.62. The first-order chi connectivity index (χ1) is 5.18. The summed E-state index contributed by atoms with van der Waals surface area (Å²) in [4.78, 5) is 0. The molecule has 0 saturated heterocycles. The van der Waals surface area contributed by atoms with Crippen molar-refractivity contribution in [2.75, 3.05) is 5.32 Å².